The Morgan fingerprint density at radius 1 is 1.11 bits per heavy atom. The highest BCUT2D eigenvalue weighted by Gasteiger charge is 2.23. The number of nitrogens with one attached hydrogen (secondary N) is 2. The fourth-order valence-corrected chi connectivity index (χ4v) is 3.02. The molecule has 0 unspecified atom stereocenters. The predicted octanol–water partition coefficient (Wildman–Crippen LogP) is 1.77. The highest BCUT2D eigenvalue weighted by atomic mass is 32.2. The number of carbonyl (C=O) groups is 2. The third-order valence-electron chi connectivity index (χ3n) is 3.76. The molecule has 2 N–H and O–H groups in total. The summed E-state index contributed by atoms with van der Waals surface area (Å²) in [5, 5.41) is 15.8. The molecule has 10 heteroatoms. The van der Waals surface area contributed by atoms with Crippen molar-refractivity contribution in [3.05, 3.63) is 70.3 Å². The van der Waals surface area contributed by atoms with Crippen LogP contribution in [0.4, 0.5) is 11.4 Å². The van der Waals surface area contributed by atoms with Crippen molar-refractivity contribution in [3.63, 3.8) is 0 Å². The summed E-state index contributed by atoms with van der Waals surface area (Å²) in [5.41, 5.74) is 0.270. The van der Waals surface area contributed by atoms with Gasteiger partial charge in [0.2, 0.25) is 5.91 Å². The fraction of sp³-hybridized carbons (Fsp3) is 0.222. The molecule has 0 heterocycles. The van der Waals surface area contributed by atoms with E-state index in [0.717, 1.165) is 6.26 Å². The monoisotopic (exact) mass is 405 g/mol. The van der Waals surface area contributed by atoms with Crippen LogP contribution in [0.2, 0.25) is 0 Å². The van der Waals surface area contributed by atoms with Crippen LogP contribution in [0.1, 0.15) is 16.8 Å². The number of rotatable bonds is 8. The highest BCUT2D eigenvalue weighted by molar-refractivity contribution is 7.90. The van der Waals surface area contributed by atoms with Gasteiger partial charge in [-0.3, -0.25) is 19.7 Å². The molecule has 0 aliphatic heterocycles. The number of hydrogen-bond acceptors (Lipinski definition) is 6. The van der Waals surface area contributed by atoms with Crippen LogP contribution in [-0.2, 0) is 14.6 Å². The van der Waals surface area contributed by atoms with Gasteiger partial charge in [-0.25, -0.2) is 8.42 Å². The van der Waals surface area contributed by atoms with Crippen LogP contribution in [0.25, 0.3) is 0 Å². The standard InChI is InChI=1S/C18H19N3O6S/c1-28(26,27)11-10-16(20-17(22)13-6-3-2-4-7-13)18(23)19-14-8-5-9-15(12-14)21(24)25/h2-9,12,16H,10-11H2,1H3,(H,19,23)(H,20,22)/t16-/m0/s1. The average molecular weight is 405 g/mol. The van der Waals surface area contributed by atoms with Crippen LogP contribution in [-0.4, -0.2) is 43.2 Å². The van der Waals surface area contributed by atoms with Crippen LogP contribution in [0.5, 0.6) is 0 Å². The minimum absolute atomic E-state index is 0.141. The minimum Gasteiger partial charge on any atom is -0.340 e. The first-order chi connectivity index (χ1) is 13.2. The van der Waals surface area contributed by atoms with Crippen molar-refractivity contribution in [2.75, 3.05) is 17.3 Å². The Hall–Kier alpha value is -3.27. The summed E-state index contributed by atoms with van der Waals surface area (Å²) in [7, 11) is -3.36. The summed E-state index contributed by atoms with van der Waals surface area (Å²) in [6.07, 6.45) is 0.889. The van der Waals surface area contributed by atoms with Crippen molar-refractivity contribution in [1.82, 2.24) is 5.32 Å². The number of non-ortho nitro benzene ring substituents is 1. The molecule has 0 bridgehead atoms. The fourth-order valence-electron chi connectivity index (χ4n) is 2.36. The minimum atomic E-state index is -3.36. The Morgan fingerprint density at radius 2 is 1.79 bits per heavy atom. The van der Waals surface area contributed by atoms with E-state index in [1.165, 1.54) is 24.3 Å². The lowest BCUT2D eigenvalue weighted by Crippen LogP contribution is -2.44. The van der Waals surface area contributed by atoms with Gasteiger partial charge in [0.25, 0.3) is 11.6 Å². The number of nitrogens with zero attached hydrogens (tertiary/aromatic N) is 1. The summed E-state index contributed by atoms with van der Waals surface area (Å²) in [4.78, 5) is 35.2. The lowest BCUT2D eigenvalue weighted by molar-refractivity contribution is -0.384. The second-order valence-corrected chi connectivity index (χ2v) is 8.37. The molecular weight excluding hydrogens is 386 g/mol. The number of carbonyl (C=O) groups excluding carboxylic acids is 2. The van der Waals surface area contributed by atoms with E-state index in [4.69, 9.17) is 0 Å². The Kier molecular flexibility index (Phi) is 6.83. The molecule has 9 nitrogen and oxygen atoms in total. The molecule has 148 valence electrons. The zero-order valence-electron chi connectivity index (χ0n) is 15.0. The highest BCUT2D eigenvalue weighted by Crippen LogP contribution is 2.17. The van der Waals surface area contributed by atoms with Crippen molar-refractivity contribution in [3.8, 4) is 0 Å². The normalized spacial score (nSPS) is 12.0. The first-order valence-corrected chi connectivity index (χ1v) is 10.3. The van der Waals surface area contributed by atoms with E-state index >= 15 is 0 Å². The van der Waals surface area contributed by atoms with Crippen LogP contribution >= 0.6 is 0 Å². The van der Waals surface area contributed by atoms with Crippen molar-refractivity contribution in [2.45, 2.75) is 12.5 Å². The largest absolute Gasteiger partial charge is 0.340 e. The lowest BCUT2D eigenvalue weighted by Gasteiger charge is -2.18. The smallest absolute Gasteiger partial charge is 0.271 e. The first kappa shape index (κ1) is 21.0. The van der Waals surface area contributed by atoms with E-state index in [1.54, 1.807) is 30.3 Å². The molecule has 2 aromatic carbocycles. The maximum absolute atomic E-state index is 12.6. The SMILES string of the molecule is CS(=O)(=O)CC[C@H](NC(=O)c1ccccc1)C(=O)Nc1cccc([N+](=O)[O-])c1. The number of benzene rings is 2. The molecule has 0 radical (unpaired) electrons. The third kappa shape index (κ3) is 6.47. The van der Waals surface area contributed by atoms with Crippen molar-refractivity contribution in [1.29, 1.82) is 0 Å². The molecule has 0 aliphatic rings. The van der Waals surface area contributed by atoms with Gasteiger partial charge < -0.3 is 10.6 Å². The number of hydrogen-bond donors (Lipinski definition) is 2. The number of nitro benzene ring substituents is 1. The zero-order valence-corrected chi connectivity index (χ0v) is 15.8. The van der Waals surface area contributed by atoms with Gasteiger partial charge in [-0.05, 0) is 24.6 Å². The van der Waals surface area contributed by atoms with E-state index < -0.39 is 32.6 Å². The molecule has 28 heavy (non-hydrogen) atoms. The van der Waals surface area contributed by atoms with Crippen molar-refractivity contribution in [2.24, 2.45) is 0 Å². The first-order valence-electron chi connectivity index (χ1n) is 8.24. The van der Waals surface area contributed by atoms with Crippen molar-refractivity contribution < 1.29 is 22.9 Å². The molecule has 2 aromatic rings. The van der Waals surface area contributed by atoms with Gasteiger partial charge in [0.15, 0.2) is 0 Å². The second-order valence-electron chi connectivity index (χ2n) is 6.11. The van der Waals surface area contributed by atoms with Gasteiger partial charge in [0.05, 0.1) is 10.7 Å². The predicted molar refractivity (Wildman–Crippen MR) is 104 cm³/mol. The molecule has 0 aliphatic carbocycles. The average Bonchev–Trinajstić information content (AvgIpc) is 2.65. The summed E-state index contributed by atoms with van der Waals surface area (Å²) in [6, 6.07) is 12.3. The van der Waals surface area contributed by atoms with Gasteiger partial charge in [-0.1, -0.05) is 24.3 Å². The van der Waals surface area contributed by atoms with Gasteiger partial charge in [0.1, 0.15) is 15.9 Å². The Bertz CT molecular complexity index is 976. The number of nitro groups is 1. The van der Waals surface area contributed by atoms with Crippen molar-refractivity contribution >= 4 is 33.0 Å². The molecule has 1 atom stereocenters. The zero-order chi connectivity index (χ0) is 20.7. The maximum atomic E-state index is 12.6. The topological polar surface area (TPSA) is 135 Å². The van der Waals surface area contributed by atoms with Crippen LogP contribution < -0.4 is 10.6 Å². The molecule has 0 saturated heterocycles. The Labute approximate surface area is 161 Å². The molecule has 2 amide bonds. The van der Waals surface area contributed by atoms with E-state index in [1.807, 2.05) is 0 Å². The van der Waals surface area contributed by atoms with Gasteiger partial charge >= 0.3 is 0 Å². The van der Waals surface area contributed by atoms with Gasteiger partial charge in [-0.15, -0.1) is 0 Å². The Morgan fingerprint density at radius 3 is 2.39 bits per heavy atom. The summed E-state index contributed by atoms with van der Waals surface area (Å²) >= 11 is 0. The summed E-state index contributed by atoms with van der Waals surface area (Å²) in [6.45, 7) is 0. The molecule has 0 aromatic heterocycles. The molecule has 0 saturated carbocycles. The van der Waals surface area contributed by atoms with E-state index in [0.29, 0.717) is 5.56 Å². The second kappa shape index (κ2) is 9.09. The molecular formula is C18H19N3O6S. The maximum Gasteiger partial charge on any atom is 0.271 e. The van der Waals surface area contributed by atoms with Gasteiger partial charge in [-0.2, -0.15) is 0 Å². The lowest BCUT2D eigenvalue weighted by atomic mass is 10.1. The Balaban J connectivity index is 2.17. The molecule has 0 spiro atoms. The van der Waals surface area contributed by atoms with Crippen LogP contribution in [0.3, 0.4) is 0 Å². The summed E-state index contributed by atoms with van der Waals surface area (Å²) in [5.74, 6) is -1.52. The number of sulfone groups is 1. The molecule has 2 rings (SSSR count). The molecule has 0 fully saturated rings. The van der Waals surface area contributed by atoms with E-state index in [9.17, 15) is 28.1 Å². The van der Waals surface area contributed by atoms with Gasteiger partial charge in [0, 0.05) is 29.6 Å². The third-order valence-corrected chi connectivity index (χ3v) is 4.74. The van der Waals surface area contributed by atoms with E-state index in [-0.39, 0.29) is 23.5 Å². The van der Waals surface area contributed by atoms with E-state index in [2.05, 4.69) is 10.6 Å². The number of amides is 2. The number of anilines is 1. The quantitative estimate of drug-likeness (QED) is 0.507. The van der Waals surface area contributed by atoms with Crippen LogP contribution in [0, 0.1) is 10.1 Å². The summed E-state index contributed by atoms with van der Waals surface area (Å²) < 4.78 is 22.9. The van der Waals surface area contributed by atoms with Crippen LogP contribution in [0.15, 0.2) is 54.6 Å².